The van der Waals surface area contributed by atoms with Crippen LogP contribution in [0.15, 0.2) is 48.5 Å². The third-order valence-electron chi connectivity index (χ3n) is 6.06. The fraction of sp³-hybridized carbons (Fsp3) is 0.481. The molecule has 2 aromatic carbocycles. The van der Waals surface area contributed by atoms with Gasteiger partial charge in [0.2, 0.25) is 5.91 Å². The van der Waals surface area contributed by atoms with E-state index < -0.39 is 30.7 Å². The second-order valence-electron chi connectivity index (χ2n) is 9.28. The molecule has 0 spiro atoms. The number of methoxy groups -OCH3 is 1. The number of carboxylic acid groups (broad SMARTS) is 1. The Morgan fingerprint density at radius 3 is 1.98 bits per heavy atom. The van der Waals surface area contributed by atoms with E-state index in [-0.39, 0.29) is 18.1 Å². The Morgan fingerprint density at radius 1 is 0.951 bits per heavy atom. The van der Waals surface area contributed by atoms with Gasteiger partial charge in [0, 0.05) is 13.7 Å². The predicted molar refractivity (Wildman–Crippen MR) is 135 cm³/mol. The number of carboxylic acids is 1. The van der Waals surface area contributed by atoms with Gasteiger partial charge in [0.25, 0.3) is 0 Å². The standard InChI is InChI=1S/C25H31F3N2O4.C2HF3O2/c1-33-15-12-18-4-8-20(9-5-18)24(32)22(17-30-13-2-3-14-30)29-23(31)16-19-6-10-21(11-7-19)34-25(26,27)28;3-2(4,5)1(6)7/h4-11,22,24,32H,2-3,12-17H2,1H3,(H,29,31);(H,6,7)/t22-,24-;/m1./s1. The molecule has 1 heterocycles. The topological polar surface area (TPSA) is 108 Å². The second-order valence-corrected chi connectivity index (χ2v) is 9.28. The Hall–Kier alpha value is -3.36. The normalized spacial score (nSPS) is 15.4. The third kappa shape index (κ3) is 12.8. The van der Waals surface area contributed by atoms with Crippen LogP contribution in [0.2, 0.25) is 0 Å². The van der Waals surface area contributed by atoms with Crippen LogP contribution in [0.25, 0.3) is 0 Å². The highest BCUT2D eigenvalue weighted by Crippen LogP contribution is 2.24. The molecule has 0 radical (unpaired) electrons. The third-order valence-corrected chi connectivity index (χ3v) is 6.06. The molecule has 228 valence electrons. The number of carbonyl (C=O) groups excluding carboxylic acids is 1. The predicted octanol–water partition coefficient (Wildman–Crippen LogP) is 4.26. The average molecular weight is 595 g/mol. The van der Waals surface area contributed by atoms with Crippen molar-refractivity contribution in [3.8, 4) is 5.75 Å². The highest BCUT2D eigenvalue weighted by atomic mass is 19.4. The van der Waals surface area contributed by atoms with E-state index in [1.165, 1.54) is 24.3 Å². The molecule has 0 bridgehead atoms. The van der Waals surface area contributed by atoms with Crippen molar-refractivity contribution >= 4 is 11.9 Å². The van der Waals surface area contributed by atoms with Gasteiger partial charge in [-0.05, 0) is 61.2 Å². The summed E-state index contributed by atoms with van der Waals surface area (Å²) in [5, 5.41) is 21.1. The van der Waals surface area contributed by atoms with Crippen LogP contribution >= 0.6 is 0 Å². The molecule has 1 fully saturated rings. The molecule has 0 unspecified atom stereocenters. The number of nitrogens with zero attached hydrogens (tertiary/aromatic N) is 1. The smallest absolute Gasteiger partial charge is 0.475 e. The minimum Gasteiger partial charge on any atom is -0.475 e. The minimum absolute atomic E-state index is 0.0223. The van der Waals surface area contributed by atoms with Gasteiger partial charge in [0.1, 0.15) is 11.9 Å². The summed E-state index contributed by atoms with van der Waals surface area (Å²) in [6.45, 7) is 2.95. The van der Waals surface area contributed by atoms with Crippen LogP contribution in [0, 0.1) is 0 Å². The van der Waals surface area contributed by atoms with Gasteiger partial charge in [0.05, 0.1) is 19.1 Å². The highest BCUT2D eigenvalue weighted by Gasteiger charge is 2.38. The first-order valence-electron chi connectivity index (χ1n) is 12.6. The summed E-state index contributed by atoms with van der Waals surface area (Å²) >= 11 is 0. The van der Waals surface area contributed by atoms with Gasteiger partial charge < -0.3 is 29.9 Å². The second kappa shape index (κ2) is 15.6. The summed E-state index contributed by atoms with van der Waals surface area (Å²) in [7, 11) is 1.65. The van der Waals surface area contributed by atoms with Crippen molar-refractivity contribution in [3.05, 3.63) is 65.2 Å². The van der Waals surface area contributed by atoms with Gasteiger partial charge in [-0.25, -0.2) is 4.79 Å². The molecule has 0 aromatic heterocycles. The number of benzene rings is 2. The van der Waals surface area contributed by atoms with Crippen LogP contribution in [-0.4, -0.2) is 78.9 Å². The van der Waals surface area contributed by atoms with Crippen molar-refractivity contribution in [2.24, 2.45) is 0 Å². The van der Waals surface area contributed by atoms with Gasteiger partial charge in [-0.15, -0.1) is 13.2 Å². The molecule has 41 heavy (non-hydrogen) atoms. The summed E-state index contributed by atoms with van der Waals surface area (Å²) in [4.78, 5) is 23.9. The summed E-state index contributed by atoms with van der Waals surface area (Å²) in [5.74, 6) is -3.41. The number of aliphatic carboxylic acids is 1. The zero-order valence-corrected chi connectivity index (χ0v) is 22.2. The van der Waals surface area contributed by atoms with Crippen molar-refractivity contribution in [3.63, 3.8) is 0 Å². The minimum atomic E-state index is -5.08. The van der Waals surface area contributed by atoms with Crippen molar-refractivity contribution in [1.29, 1.82) is 0 Å². The van der Waals surface area contributed by atoms with E-state index in [2.05, 4.69) is 15.0 Å². The zero-order valence-electron chi connectivity index (χ0n) is 22.2. The highest BCUT2D eigenvalue weighted by molar-refractivity contribution is 5.79. The first-order valence-corrected chi connectivity index (χ1v) is 12.6. The zero-order chi connectivity index (χ0) is 30.6. The molecule has 8 nitrogen and oxygen atoms in total. The molecule has 1 aliphatic rings. The van der Waals surface area contributed by atoms with Crippen molar-refractivity contribution in [2.45, 2.75) is 50.4 Å². The van der Waals surface area contributed by atoms with Gasteiger partial charge in [-0.2, -0.15) is 13.2 Å². The van der Waals surface area contributed by atoms with Crippen LogP contribution in [0.4, 0.5) is 26.3 Å². The molecule has 2 atom stereocenters. The van der Waals surface area contributed by atoms with Crippen molar-refractivity contribution in [1.82, 2.24) is 10.2 Å². The van der Waals surface area contributed by atoms with Crippen LogP contribution < -0.4 is 10.1 Å². The lowest BCUT2D eigenvalue weighted by atomic mass is 9.99. The number of carbonyl (C=O) groups is 2. The fourth-order valence-corrected chi connectivity index (χ4v) is 4.05. The lowest BCUT2D eigenvalue weighted by molar-refractivity contribution is -0.274. The number of alkyl halides is 6. The molecule has 0 aliphatic carbocycles. The first-order chi connectivity index (χ1) is 19.2. The average Bonchev–Trinajstić information content (AvgIpc) is 3.40. The number of halogens is 6. The van der Waals surface area contributed by atoms with Crippen LogP contribution in [0.3, 0.4) is 0 Å². The van der Waals surface area contributed by atoms with Gasteiger partial charge in [-0.1, -0.05) is 36.4 Å². The molecular weight excluding hydrogens is 562 g/mol. The number of aliphatic hydroxyl groups is 1. The molecule has 3 N–H and O–H groups in total. The largest absolute Gasteiger partial charge is 0.573 e. The Morgan fingerprint density at radius 2 is 1.49 bits per heavy atom. The number of ether oxygens (including phenoxy) is 2. The van der Waals surface area contributed by atoms with Gasteiger partial charge in [0.15, 0.2) is 0 Å². The summed E-state index contributed by atoms with van der Waals surface area (Å²) in [5.41, 5.74) is 2.35. The number of aliphatic hydroxyl groups excluding tert-OH is 1. The summed E-state index contributed by atoms with van der Waals surface area (Å²) in [6, 6.07) is 12.3. The van der Waals surface area contributed by atoms with Crippen LogP contribution in [0.5, 0.6) is 5.75 Å². The molecule has 2 aromatic rings. The number of hydrogen-bond acceptors (Lipinski definition) is 6. The van der Waals surface area contributed by atoms with E-state index in [0.29, 0.717) is 24.3 Å². The van der Waals surface area contributed by atoms with Gasteiger partial charge in [-0.3, -0.25) is 4.79 Å². The quantitative estimate of drug-likeness (QED) is 0.334. The number of rotatable bonds is 11. The molecule has 14 heteroatoms. The lowest BCUT2D eigenvalue weighted by Crippen LogP contribution is -2.47. The fourth-order valence-electron chi connectivity index (χ4n) is 4.05. The number of amides is 1. The maximum absolute atomic E-state index is 12.8. The molecule has 1 amide bonds. The molecular formula is C27H32F6N2O6. The van der Waals surface area contributed by atoms with E-state index in [0.717, 1.165) is 37.9 Å². The Kier molecular flexibility index (Phi) is 12.9. The van der Waals surface area contributed by atoms with E-state index in [4.69, 9.17) is 14.6 Å². The Bertz CT molecular complexity index is 1090. The Labute approximate surface area is 232 Å². The molecule has 0 saturated carbocycles. The first kappa shape index (κ1) is 33.8. The van der Waals surface area contributed by atoms with Crippen molar-refractivity contribution in [2.75, 3.05) is 33.4 Å². The molecule has 1 aliphatic heterocycles. The number of nitrogens with one attached hydrogen (secondary N) is 1. The Balaban J connectivity index is 0.000000745. The maximum Gasteiger partial charge on any atom is 0.573 e. The van der Waals surface area contributed by atoms with E-state index in [1.807, 2.05) is 24.3 Å². The molecule has 1 saturated heterocycles. The summed E-state index contributed by atoms with van der Waals surface area (Å²) in [6.07, 6.45) is -7.84. The SMILES string of the molecule is COCCc1ccc([C@@H](O)[C@@H](CN2CCCC2)NC(=O)Cc2ccc(OC(F)(F)F)cc2)cc1.O=C(O)C(F)(F)F. The maximum atomic E-state index is 12.8. The van der Waals surface area contributed by atoms with E-state index >= 15 is 0 Å². The summed E-state index contributed by atoms with van der Waals surface area (Å²) < 4.78 is 77.7. The van der Waals surface area contributed by atoms with Crippen LogP contribution in [0.1, 0.15) is 35.6 Å². The van der Waals surface area contributed by atoms with E-state index in [9.17, 15) is 36.2 Å². The van der Waals surface area contributed by atoms with Gasteiger partial charge >= 0.3 is 18.5 Å². The van der Waals surface area contributed by atoms with E-state index in [1.54, 1.807) is 7.11 Å². The number of likely N-dealkylation sites (tertiary alicyclic amines) is 1. The lowest BCUT2D eigenvalue weighted by Gasteiger charge is -2.29. The van der Waals surface area contributed by atoms with Crippen molar-refractivity contribution < 1.29 is 55.6 Å². The van der Waals surface area contributed by atoms with Crippen LogP contribution in [-0.2, 0) is 27.2 Å². The number of hydrogen-bond donors (Lipinski definition) is 3. The monoisotopic (exact) mass is 594 g/mol. The molecule has 3 rings (SSSR count).